The number of hydrogen-bond donors (Lipinski definition) is 1. The van der Waals surface area contributed by atoms with Gasteiger partial charge in [-0.2, -0.15) is 0 Å². The highest BCUT2D eigenvalue weighted by Crippen LogP contribution is 2.34. The molecule has 0 amide bonds. The van der Waals surface area contributed by atoms with Gasteiger partial charge in [0.2, 0.25) is 5.95 Å². The third-order valence-corrected chi connectivity index (χ3v) is 3.43. The Labute approximate surface area is 91.9 Å². The van der Waals surface area contributed by atoms with E-state index in [2.05, 4.69) is 34.9 Å². The predicted molar refractivity (Wildman–Crippen MR) is 63.1 cm³/mol. The zero-order valence-electron chi connectivity index (χ0n) is 9.74. The number of aromatic nitrogens is 2. The van der Waals surface area contributed by atoms with E-state index in [9.17, 15) is 0 Å². The number of nitrogens with one attached hydrogen (secondary N) is 1. The summed E-state index contributed by atoms with van der Waals surface area (Å²) < 4.78 is 2.33. The first kappa shape index (κ1) is 10.5. The van der Waals surface area contributed by atoms with Crippen LogP contribution in [0.2, 0.25) is 0 Å². The molecule has 1 aliphatic carbocycles. The van der Waals surface area contributed by atoms with Crippen LogP contribution >= 0.6 is 0 Å². The largest absolute Gasteiger partial charge is 0.356 e. The first-order valence-corrected chi connectivity index (χ1v) is 6.09. The molecule has 1 aromatic rings. The van der Waals surface area contributed by atoms with E-state index in [4.69, 9.17) is 0 Å². The molecule has 0 bridgehead atoms. The maximum Gasteiger partial charge on any atom is 0.203 e. The van der Waals surface area contributed by atoms with E-state index in [-0.39, 0.29) is 0 Å². The van der Waals surface area contributed by atoms with Gasteiger partial charge in [-0.25, -0.2) is 4.98 Å². The summed E-state index contributed by atoms with van der Waals surface area (Å²) in [7, 11) is 0. The molecule has 0 radical (unpaired) electrons. The van der Waals surface area contributed by atoms with Gasteiger partial charge in [-0.05, 0) is 25.7 Å². The molecule has 1 fully saturated rings. The minimum atomic E-state index is 0.648. The summed E-state index contributed by atoms with van der Waals surface area (Å²) in [6, 6.07) is 0.648. The van der Waals surface area contributed by atoms with Crippen molar-refractivity contribution in [1.82, 2.24) is 9.55 Å². The third kappa shape index (κ3) is 2.16. The molecule has 84 valence electrons. The predicted octanol–water partition coefficient (Wildman–Crippen LogP) is 3.07. The van der Waals surface area contributed by atoms with Crippen LogP contribution in [0.3, 0.4) is 0 Å². The van der Waals surface area contributed by atoms with Crippen molar-refractivity contribution >= 4 is 5.95 Å². The first-order chi connectivity index (χ1) is 7.33. The average molecular weight is 207 g/mol. The quantitative estimate of drug-likeness (QED) is 0.825. The molecular weight excluding hydrogens is 186 g/mol. The van der Waals surface area contributed by atoms with Crippen LogP contribution in [0.4, 0.5) is 5.95 Å². The summed E-state index contributed by atoms with van der Waals surface area (Å²) in [4.78, 5) is 4.37. The normalized spacial score (nSPS) is 26.5. The molecule has 0 saturated heterocycles. The fraction of sp³-hybridized carbons (Fsp3) is 0.750. The minimum absolute atomic E-state index is 0.648. The lowest BCUT2D eigenvalue weighted by molar-refractivity contribution is 0.259. The summed E-state index contributed by atoms with van der Waals surface area (Å²) in [5.74, 6) is 1.82. The number of rotatable bonds is 3. The molecule has 1 aliphatic rings. The van der Waals surface area contributed by atoms with E-state index in [0.717, 1.165) is 18.4 Å². The van der Waals surface area contributed by atoms with Gasteiger partial charge in [0.05, 0.1) is 0 Å². The SMILES string of the molecule is CCNc1nccn1C1CCCCC1C. The van der Waals surface area contributed by atoms with Crippen molar-refractivity contribution in [3.8, 4) is 0 Å². The van der Waals surface area contributed by atoms with Crippen LogP contribution in [-0.4, -0.2) is 16.1 Å². The topological polar surface area (TPSA) is 29.9 Å². The third-order valence-electron chi connectivity index (χ3n) is 3.43. The smallest absolute Gasteiger partial charge is 0.203 e. The van der Waals surface area contributed by atoms with Crippen molar-refractivity contribution in [3.05, 3.63) is 12.4 Å². The first-order valence-electron chi connectivity index (χ1n) is 6.09. The highest BCUT2D eigenvalue weighted by molar-refractivity contribution is 5.26. The van der Waals surface area contributed by atoms with Crippen molar-refractivity contribution in [2.45, 2.75) is 45.6 Å². The van der Waals surface area contributed by atoms with Gasteiger partial charge in [-0.15, -0.1) is 0 Å². The molecule has 0 aromatic carbocycles. The van der Waals surface area contributed by atoms with Crippen LogP contribution < -0.4 is 5.32 Å². The van der Waals surface area contributed by atoms with Crippen molar-refractivity contribution in [2.24, 2.45) is 5.92 Å². The molecule has 1 saturated carbocycles. The molecule has 1 N–H and O–H groups in total. The molecule has 2 unspecified atom stereocenters. The molecule has 0 spiro atoms. The number of nitrogens with zero attached hydrogens (tertiary/aromatic N) is 2. The fourth-order valence-corrected chi connectivity index (χ4v) is 2.59. The second-order valence-electron chi connectivity index (χ2n) is 4.52. The standard InChI is InChI=1S/C12H21N3/c1-3-13-12-14-8-9-15(12)11-7-5-4-6-10(11)2/h8-11H,3-7H2,1-2H3,(H,13,14). The van der Waals surface area contributed by atoms with Crippen LogP contribution in [0.1, 0.15) is 45.6 Å². The molecule has 1 heterocycles. The number of imidazole rings is 1. The Morgan fingerprint density at radius 3 is 3.00 bits per heavy atom. The highest BCUT2D eigenvalue weighted by Gasteiger charge is 2.24. The zero-order chi connectivity index (χ0) is 10.7. The Morgan fingerprint density at radius 1 is 1.47 bits per heavy atom. The molecule has 1 aromatic heterocycles. The van der Waals surface area contributed by atoms with Crippen molar-refractivity contribution in [1.29, 1.82) is 0 Å². The summed E-state index contributed by atoms with van der Waals surface area (Å²) in [5.41, 5.74) is 0. The van der Waals surface area contributed by atoms with E-state index in [1.54, 1.807) is 0 Å². The molecule has 3 heteroatoms. The van der Waals surface area contributed by atoms with Crippen LogP contribution in [0, 0.1) is 5.92 Å². The van der Waals surface area contributed by atoms with Gasteiger partial charge >= 0.3 is 0 Å². The minimum Gasteiger partial charge on any atom is -0.356 e. The van der Waals surface area contributed by atoms with E-state index >= 15 is 0 Å². The maximum absolute atomic E-state index is 4.37. The van der Waals surface area contributed by atoms with Crippen LogP contribution in [0.5, 0.6) is 0 Å². The summed E-state index contributed by atoms with van der Waals surface area (Å²) in [5, 5.41) is 3.33. The van der Waals surface area contributed by atoms with Gasteiger partial charge in [0.15, 0.2) is 0 Å². The van der Waals surface area contributed by atoms with Gasteiger partial charge in [0.25, 0.3) is 0 Å². The van der Waals surface area contributed by atoms with Gasteiger partial charge in [0, 0.05) is 25.0 Å². The number of anilines is 1. The number of hydrogen-bond acceptors (Lipinski definition) is 2. The molecule has 2 rings (SSSR count). The van der Waals surface area contributed by atoms with Gasteiger partial charge < -0.3 is 9.88 Å². The lowest BCUT2D eigenvalue weighted by Gasteiger charge is -2.30. The molecule has 2 atom stereocenters. The molecule has 15 heavy (non-hydrogen) atoms. The van der Waals surface area contributed by atoms with Gasteiger partial charge in [0.1, 0.15) is 0 Å². The Balaban J connectivity index is 2.15. The monoisotopic (exact) mass is 207 g/mol. The lowest BCUT2D eigenvalue weighted by Crippen LogP contribution is -2.22. The summed E-state index contributed by atoms with van der Waals surface area (Å²) in [6.45, 7) is 5.42. The van der Waals surface area contributed by atoms with Gasteiger partial charge in [-0.1, -0.05) is 19.8 Å². The highest BCUT2D eigenvalue weighted by atomic mass is 15.2. The van der Waals surface area contributed by atoms with E-state index in [0.29, 0.717) is 6.04 Å². The van der Waals surface area contributed by atoms with Crippen molar-refractivity contribution < 1.29 is 0 Å². The van der Waals surface area contributed by atoms with E-state index in [1.807, 2.05) is 6.20 Å². The van der Waals surface area contributed by atoms with Crippen LogP contribution in [0.25, 0.3) is 0 Å². The van der Waals surface area contributed by atoms with Crippen LogP contribution in [0.15, 0.2) is 12.4 Å². The van der Waals surface area contributed by atoms with Crippen LogP contribution in [-0.2, 0) is 0 Å². The van der Waals surface area contributed by atoms with E-state index in [1.165, 1.54) is 25.7 Å². The Kier molecular flexibility index (Phi) is 3.29. The summed E-state index contributed by atoms with van der Waals surface area (Å²) in [6.07, 6.45) is 9.43. The lowest BCUT2D eigenvalue weighted by atomic mass is 9.86. The second kappa shape index (κ2) is 4.69. The molecule has 0 aliphatic heterocycles. The Morgan fingerprint density at radius 2 is 2.27 bits per heavy atom. The van der Waals surface area contributed by atoms with E-state index < -0.39 is 0 Å². The average Bonchev–Trinajstić information content (AvgIpc) is 2.67. The maximum atomic E-state index is 4.37. The Hall–Kier alpha value is -0.990. The van der Waals surface area contributed by atoms with Crippen molar-refractivity contribution in [2.75, 3.05) is 11.9 Å². The summed E-state index contributed by atoms with van der Waals surface area (Å²) >= 11 is 0. The van der Waals surface area contributed by atoms with Gasteiger partial charge in [-0.3, -0.25) is 0 Å². The Bertz CT molecular complexity index is 306. The zero-order valence-corrected chi connectivity index (χ0v) is 9.74. The van der Waals surface area contributed by atoms with Crippen molar-refractivity contribution in [3.63, 3.8) is 0 Å². The molecular formula is C12H21N3. The second-order valence-corrected chi connectivity index (χ2v) is 4.52. The molecule has 3 nitrogen and oxygen atoms in total. The fourth-order valence-electron chi connectivity index (χ4n) is 2.59.